The van der Waals surface area contributed by atoms with Crippen molar-refractivity contribution in [2.24, 2.45) is 10.9 Å². The van der Waals surface area contributed by atoms with E-state index in [1.165, 1.54) is 0 Å². The summed E-state index contributed by atoms with van der Waals surface area (Å²) in [6.45, 7) is 11.9. The van der Waals surface area contributed by atoms with E-state index in [4.69, 9.17) is 0 Å². The molecule has 0 N–H and O–H groups in total. The molecule has 1 heteroatoms. The van der Waals surface area contributed by atoms with Gasteiger partial charge in [0.05, 0.1) is 0 Å². The lowest BCUT2D eigenvalue weighted by Gasteiger charge is -2.00. The summed E-state index contributed by atoms with van der Waals surface area (Å²) in [5, 5.41) is 0. The highest BCUT2D eigenvalue weighted by Gasteiger charge is 1.94. The lowest BCUT2D eigenvalue weighted by atomic mass is 10.1. The molecule has 0 bridgehead atoms. The van der Waals surface area contributed by atoms with Crippen LogP contribution in [0.25, 0.3) is 0 Å². The average Bonchev–Trinajstić information content (AvgIpc) is 1.99. The number of nitrogens with zero attached hydrogens (tertiary/aromatic N) is 1. The summed E-state index contributed by atoms with van der Waals surface area (Å²) in [5.41, 5.74) is 2.26. The van der Waals surface area contributed by atoms with Gasteiger partial charge in [-0.3, -0.25) is 4.99 Å². The molecule has 0 aliphatic carbocycles. The molecule has 0 aliphatic rings. The van der Waals surface area contributed by atoms with E-state index in [0.717, 1.165) is 11.3 Å². The van der Waals surface area contributed by atoms with Gasteiger partial charge in [-0.05, 0) is 25.3 Å². The zero-order valence-corrected chi connectivity index (χ0v) is 7.89. The van der Waals surface area contributed by atoms with Gasteiger partial charge in [0.1, 0.15) is 0 Å². The van der Waals surface area contributed by atoms with Crippen LogP contribution >= 0.6 is 0 Å². The van der Waals surface area contributed by atoms with Gasteiger partial charge in [-0.25, -0.2) is 0 Å². The maximum Gasteiger partial charge on any atom is 0.0296 e. The predicted molar refractivity (Wildman–Crippen MR) is 51.9 cm³/mol. The number of rotatable bonds is 3. The summed E-state index contributed by atoms with van der Waals surface area (Å²) < 4.78 is 0. The van der Waals surface area contributed by atoms with Crippen LogP contribution in [0.5, 0.6) is 0 Å². The van der Waals surface area contributed by atoms with E-state index in [9.17, 15) is 0 Å². The normalized spacial score (nSPS) is 13.9. The summed E-state index contributed by atoms with van der Waals surface area (Å²) in [6, 6.07) is 0. The van der Waals surface area contributed by atoms with E-state index in [2.05, 4.69) is 25.4 Å². The number of allylic oxidation sites excluding steroid dienone is 2. The zero-order chi connectivity index (χ0) is 8.85. The quantitative estimate of drug-likeness (QED) is 0.434. The molecule has 0 aliphatic heterocycles. The van der Waals surface area contributed by atoms with Crippen molar-refractivity contribution in [2.45, 2.75) is 27.7 Å². The molecule has 0 fully saturated rings. The smallest absolute Gasteiger partial charge is 0.0296 e. The maximum atomic E-state index is 4.28. The van der Waals surface area contributed by atoms with Crippen LogP contribution in [0.15, 0.2) is 29.4 Å². The van der Waals surface area contributed by atoms with Crippen LogP contribution in [0.4, 0.5) is 0 Å². The van der Waals surface area contributed by atoms with Crippen molar-refractivity contribution >= 4 is 5.71 Å². The van der Waals surface area contributed by atoms with Crippen molar-refractivity contribution in [3.63, 3.8) is 0 Å². The van der Waals surface area contributed by atoms with Crippen molar-refractivity contribution < 1.29 is 0 Å². The van der Waals surface area contributed by atoms with E-state index in [-0.39, 0.29) is 0 Å². The topological polar surface area (TPSA) is 12.4 Å². The SMILES string of the molecule is C=C/C(C)=C\N=C(C)C(C)C. The molecule has 0 aromatic carbocycles. The molecule has 0 aromatic heterocycles. The largest absolute Gasteiger partial charge is 0.265 e. The Bertz CT molecular complexity index is 185. The molecule has 0 rings (SSSR count). The van der Waals surface area contributed by atoms with Crippen LogP contribution in [0.1, 0.15) is 27.7 Å². The molecule has 62 valence electrons. The molecule has 0 aromatic rings. The van der Waals surface area contributed by atoms with Crippen LogP contribution in [0.2, 0.25) is 0 Å². The average molecular weight is 151 g/mol. The van der Waals surface area contributed by atoms with E-state index in [1.807, 2.05) is 20.0 Å². The monoisotopic (exact) mass is 151 g/mol. The Morgan fingerprint density at radius 1 is 1.36 bits per heavy atom. The summed E-state index contributed by atoms with van der Waals surface area (Å²) in [4.78, 5) is 4.28. The van der Waals surface area contributed by atoms with Gasteiger partial charge in [0.2, 0.25) is 0 Å². The van der Waals surface area contributed by atoms with Crippen LogP contribution in [0, 0.1) is 5.92 Å². The fraction of sp³-hybridized carbons (Fsp3) is 0.500. The molecule has 0 saturated heterocycles. The molecular formula is C10H17N. The first kappa shape index (κ1) is 10.2. The van der Waals surface area contributed by atoms with Crippen molar-refractivity contribution in [3.05, 3.63) is 24.4 Å². The Hall–Kier alpha value is -0.850. The fourth-order valence-corrected chi connectivity index (χ4v) is 0.405. The Balaban J connectivity index is 4.22. The van der Waals surface area contributed by atoms with Crippen molar-refractivity contribution in [3.8, 4) is 0 Å². The number of hydrogen-bond donors (Lipinski definition) is 0. The first-order valence-electron chi connectivity index (χ1n) is 3.91. The van der Waals surface area contributed by atoms with Crippen LogP contribution in [0.3, 0.4) is 0 Å². The predicted octanol–water partition coefficient (Wildman–Crippen LogP) is 3.19. The molecule has 0 spiro atoms. The van der Waals surface area contributed by atoms with E-state index < -0.39 is 0 Å². The van der Waals surface area contributed by atoms with Gasteiger partial charge in [-0.1, -0.05) is 26.5 Å². The fourth-order valence-electron chi connectivity index (χ4n) is 0.405. The van der Waals surface area contributed by atoms with Gasteiger partial charge in [-0.2, -0.15) is 0 Å². The minimum Gasteiger partial charge on any atom is -0.265 e. The minimum absolute atomic E-state index is 0.531. The molecular weight excluding hydrogens is 134 g/mol. The summed E-state index contributed by atoms with van der Waals surface area (Å²) >= 11 is 0. The lowest BCUT2D eigenvalue weighted by molar-refractivity contribution is 0.878. The van der Waals surface area contributed by atoms with Crippen molar-refractivity contribution in [2.75, 3.05) is 0 Å². The standard InChI is InChI=1S/C10H17N/c1-6-9(4)7-11-10(5)8(2)3/h6-8H,1H2,2-5H3/b9-7-,11-10?. The highest BCUT2D eigenvalue weighted by Crippen LogP contribution is 1.99. The van der Waals surface area contributed by atoms with Crippen molar-refractivity contribution in [1.82, 2.24) is 0 Å². The second-order valence-corrected chi connectivity index (χ2v) is 3.00. The van der Waals surface area contributed by atoms with E-state index >= 15 is 0 Å². The molecule has 0 atom stereocenters. The number of aliphatic imine (C=N–C) groups is 1. The molecule has 11 heavy (non-hydrogen) atoms. The second kappa shape index (κ2) is 4.89. The molecule has 0 amide bonds. The molecule has 0 saturated carbocycles. The van der Waals surface area contributed by atoms with E-state index in [1.54, 1.807) is 6.08 Å². The maximum absolute atomic E-state index is 4.28. The second-order valence-electron chi connectivity index (χ2n) is 3.00. The summed E-state index contributed by atoms with van der Waals surface area (Å²) in [6.07, 6.45) is 3.65. The first-order valence-corrected chi connectivity index (χ1v) is 3.91. The molecule has 0 heterocycles. The van der Waals surface area contributed by atoms with Gasteiger partial charge in [0.25, 0.3) is 0 Å². The third-order valence-corrected chi connectivity index (χ3v) is 1.63. The third-order valence-electron chi connectivity index (χ3n) is 1.63. The summed E-state index contributed by atoms with van der Waals surface area (Å²) in [5.74, 6) is 0.531. The molecule has 0 unspecified atom stereocenters. The first-order chi connectivity index (χ1) is 5.07. The van der Waals surface area contributed by atoms with Gasteiger partial charge in [0.15, 0.2) is 0 Å². The third kappa shape index (κ3) is 4.54. The number of hydrogen-bond acceptors (Lipinski definition) is 1. The molecule has 0 radical (unpaired) electrons. The van der Waals surface area contributed by atoms with Crippen molar-refractivity contribution in [1.29, 1.82) is 0 Å². The van der Waals surface area contributed by atoms with Gasteiger partial charge < -0.3 is 0 Å². The minimum atomic E-state index is 0.531. The Morgan fingerprint density at radius 2 is 1.91 bits per heavy atom. The Labute approximate surface area is 69.5 Å². The van der Waals surface area contributed by atoms with Gasteiger partial charge >= 0.3 is 0 Å². The Kier molecular flexibility index (Phi) is 4.51. The summed E-state index contributed by atoms with van der Waals surface area (Å²) in [7, 11) is 0. The highest BCUT2D eigenvalue weighted by molar-refractivity contribution is 5.84. The molecule has 1 nitrogen and oxygen atoms in total. The highest BCUT2D eigenvalue weighted by atomic mass is 14.7. The van der Waals surface area contributed by atoms with E-state index in [0.29, 0.717) is 5.92 Å². The lowest BCUT2D eigenvalue weighted by Crippen LogP contribution is -2.00. The van der Waals surface area contributed by atoms with Crippen LogP contribution in [-0.2, 0) is 0 Å². The van der Waals surface area contributed by atoms with Gasteiger partial charge in [-0.15, -0.1) is 0 Å². The van der Waals surface area contributed by atoms with Crippen LogP contribution < -0.4 is 0 Å². The van der Waals surface area contributed by atoms with Crippen LogP contribution in [-0.4, -0.2) is 5.71 Å². The zero-order valence-electron chi connectivity index (χ0n) is 7.89. The Morgan fingerprint density at radius 3 is 2.27 bits per heavy atom. The van der Waals surface area contributed by atoms with Gasteiger partial charge in [0, 0.05) is 11.9 Å².